The third-order valence-corrected chi connectivity index (χ3v) is 5.68. The first-order valence-electron chi connectivity index (χ1n) is 10.2. The third-order valence-electron chi connectivity index (χ3n) is 5.68. The van der Waals surface area contributed by atoms with Crippen molar-refractivity contribution in [2.45, 2.75) is 12.1 Å². The summed E-state index contributed by atoms with van der Waals surface area (Å²) in [5.74, 6) is 5.40. The molecule has 2 aromatic carbocycles. The fraction of sp³-hybridized carbons (Fsp3) is 0.174. The zero-order chi connectivity index (χ0) is 23.9. The number of hydrogen-bond donors (Lipinski definition) is 3. The van der Waals surface area contributed by atoms with Crippen molar-refractivity contribution in [3.8, 4) is 23.3 Å². The number of hydrogen-bond acceptors (Lipinski definition) is 6. The molecule has 1 fully saturated rings. The largest absolute Gasteiger partial charge is 0.497 e. The maximum Gasteiger partial charge on any atom is 0.347 e. The molecule has 11 heteroatoms. The summed E-state index contributed by atoms with van der Waals surface area (Å²) in [7, 11) is 1.52. The van der Waals surface area contributed by atoms with Gasteiger partial charge in [0.05, 0.1) is 19.3 Å². The molecule has 4 amide bonds. The lowest BCUT2D eigenvalue weighted by molar-refractivity contribution is -0.122. The maximum atomic E-state index is 13.0. The molecule has 0 bridgehead atoms. The van der Waals surface area contributed by atoms with Crippen LogP contribution in [0.4, 0.5) is 4.79 Å². The average Bonchev–Trinajstić information content (AvgIpc) is 3.48. The van der Waals surface area contributed by atoms with Gasteiger partial charge in [-0.2, -0.15) is 5.10 Å². The number of aromatic nitrogens is 3. The van der Waals surface area contributed by atoms with E-state index in [-0.39, 0.29) is 24.7 Å². The van der Waals surface area contributed by atoms with Gasteiger partial charge in [0.15, 0.2) is 0 Å². The average molecular weight is 458 g/mol. The molecule has 0 aliphatic carbocycles. The molecule has 5 rings (SSSR count). The van der Waals surface area contributed by atoms with E-state index in [1.165, 1.54) is 22.9 Å². The van der Waals surface area contributed by atoms with Crippen LogP contribution in [0.5, 0.6) is 5.75 Å². The minimum atomic E-state index is -1.61. The fourth-order valence-corrected chi connectivity index (χ4v) is 3.93. The van der Waals surface area contributed by atoms with Gasteiger partial charge < -0.3 is 15.0 Å². The van der Waals surface area contributed by atoms with E-state index < -0.39 is 17.5 Å². The molecular weight excluding hydrogens is 440 g/mol. The number of methoxy groups -OCH3 is 1. The second-order valence-corrected chi connectivity index (χ2v) is 7.83. The van der Waals surface area contributed by atoms with Crippen LogP contribution < -0.4 is 21.1 Å². The summed E-state index contributed by atoms with van der Waals surface area (Å²) in [4.78, 5) is 50.9. The summed E-state index contributed by atoms with van der Waals surface area (Å²) in [6, 6.07) is 11.2. The van der Waals surface area contributed by atoms with Gasteiger partial charge in [0.1, 0.15) is 12.1 Å². The van der Waals surface area contributed by atoms with Gasteiger partial charge in [-0.3, -0.25) is 14.9 Å². The quantitative estimate of drug-likeness (QED) is 0.376. The van der Waals surface area contributed by atoms with Crippen LogP contribution in [0.2, 0.25) is 0 Å². The number of amides is 4. The molecule has 1 saturated heterocycles. The molecule has 3 aromatic rings. The molecule has 0 saturated carbocycles. The van der Waals surface area contributed by atoms with Crippen LogP contribution >= 0.6 is 0 Å². The fourth-order valence-electron chi connectivity index (χ4n) is 3.93. The number of benzene rings is 2. The number of carbonyl (C=O) groups is 3. The number of aromatic amines is 1. The van der Waals surface area contributed by atoms with Crippen LogP contribution in [-0.2, 0) is 11.3 Å². The zero-order valence-corrected chi connectivity index (χ0v) is 17.9. The van der Waals surface area contributed by atoms with Gasteiger partial charge in [-0.1, -0.05) is 17.9 Å². The third kappa shape index (κ3) is 3.57. The summed E-state index contributed by atoms with van der Waals surface area (Å²) in [6.45, 7) is 0.148. The Kier molecular flexibility index (Phi) is 4.90. The SMILES string of the molecule is COc1ccc2c(c1)C(=O)N(CC1(C#Cc3ccc(-n4cn[nH]c4=O)cc3)NC(=O)NC1=O)C2. The Morgan fingerprint density at radius 2 is 1.91 bits per heavy atom. The molecule has 2 aliphatic rings. The molecule has 1 atom stereocenters. The number of nitrogens with zero attached hydrogens (tertiary/aromatic N) is 3. The lowest BCUT2D eigenvalue weighted by Gasteiger charge is -2.26. The molecule has 0 spiro atoms. The molecule has 170 valence electrons. The summed E-state index contributed by atoms with van der Waals surface area (Å²) < 4.78 is 6.52. The van der Waals surface area contributed by atoms with Crippen LogP contribution in [-0.4, -0.2) is 56.7 Å². The van der Waals surface area contributed by atoms with E-state index in [0.717, 1.165) is 5.56 Å². The number of ether oxygens (including phenoxy) is 1. The first-order valence-corrected chi connectivity index (χ1v) is 10.2. The van der Waals surface area contributed by atoms with Gasteiger partial charge >= 0.3 is 11.7 Å². The highest BCUT2D eigenvalue weighted by molar-refractivity contribution is 6.10. The molecule has 1 unspecified atom stereocenters. The van der Waals surface area contributed by atoms with E-state index in [0.29, 0.717) is 22.6 Å². The summed E-state index contributed by atoms with van der Waals surface area (Å²) in [5.41, 5.74) is 0.424. The predicted octanol–water partition coefficient (Wildman–Crippen LogP) is 0.155. The monoisotopic (exact) mass is 458 g/mol. The minimum Gasteiger partial charge on any atom is -0.497 e. The van der Waals surface area contributed by atoms with E-state index in [9.17, 15) is 19.2 Å². The summed E-state index contributed by atoms with van der Waals surface area (Å²) >= 11 is 0. The van der Waals surface area contributed by atoms with Crippen LogP contribution in [0.25, 0.3) is 5.69 Å². The van der Waals surface area contributed by atoms with Gasteiger partial charge in [0.2, 0.25) is 5.54 Å². The minimum absolute atomic E-state index is 0.129. The number of rotatable bonds is 4. The number of urea groups is 1. The van der Waals surface area contributed by atoms with Crippen LogP contribution in [0, 0.1) is 11.8 Å². The van der Waals surface area contributed by atoms with Gasteiger partial charge in [-0.15, -0.1) is 0 Å². The topological polar surface area (TPSA) is 138 Å². The van der Waals surface area contributed by atoms with E-state index >= 15 is 0 Å². The lowest BCUT2D eigenvalue weighted by atomic mass is 9.99. The Morgan fingerprint density at radius 1 is 1.12 bits per heavy atom. The van der Waals surface area contributed by atoms with Crippen molar-refractivity contribution in [3.63, 3.8) is 0 Å². The van der Waals surface area contributed by atoms with Crippen LogP contribution in [0.3, 0.4) is 0 Å². The van der Waals surface area contributed by atoms with Crippen LogP contribution in [0.15, 0.2) is 53.6 Å². The highest BCUT2D eigenvalue weighted by Crippen LogP contribution is 2.28. The molecule has 0 radical (unpaired) electrons. The zero-order valence-electron chi connectivity index (χ0n) is 17.9. The van der Waals surface area contributed by atoms with Crippen molar-refractivity contribution in [2.24, 2.45) is 0 Å². The summed E-state index contributed by atoms with van der Waals surface area (Å²) in [6.07, 6.45) is 1.36. The molecule has 1 aromatic heterocycles. The maximum absolute atomic E-state index is 13.0. The van der Waals surface area contributed by atoms with E-state index in [1.807, 2.05) is 0 Å². The number of imide groups is 1. The highest BCUT2D eigenvalue weighted by Gasteiger charge is 2.48. The van der Waals surface area contributed by atoms with Crippen molar-refractivity contribution in [2.75, 3.05) is 13.7 Å². The van der Waals surface area contributed by atoms with E-state index in [1.54, 1.807) is 42.5 Å². The molecular formula is C23H18N6O5. The van der Waals surface area contributed by atoms with E-state index in [4.69, 9.17) is 4.74 Å². The van der Waals surface area contributed by atoms with E-state index in [2.05, 4.69) is 32.7 Å². The highest BCUT2D eigenvalue weighted by atomic mass is 16.5. The number of fused-ring (bicyclic) bond motifs is 1. The second-order valence-electron chi connectivity index (χ2n) is 7.83. The Morgan fingerprint density at radius 3 is 2.56 bits per heavy atom. The van der Waals surface area contributed by atoms with Gasteiger partial charge in [0, 0.05) is 17.7 Å². The number of carbonyl (C=O) groups excluding carboxylic acids is 3. The lowest BCUT2D eigenvalue weighted by Crippen LogP contribution is -2.54. The Bertz CT molecular complexity index is 1440. The smallest absolute Gasteiger partial charge is 0.347 e. The summed E-state index contributed by atoms with van der Waals surface area (Å²) in [5, 5.41) is 10.8. The van der Waals surface area contributed by atoms with Crippen molar-refractivity contribution >= 4 is 17.8 Å². The molecule has 34 heavy (non-hydrogen) atoms. The first kappa shape index (κ1) is 21.0. The second kappa shape index (κ2) is 7.93. The predicted molar refractivity (Wildman–Crippen MR) is 118 cm³/mol. The first-order chi connectivity index (χ1) is 16.4. The van der Waals surface area contributed by atoms with Crippen molar-refractivity contribution in [1.29, 1.82) is 0 Å². The van der Waals surface area contributed by atoms with Gasteiger partial charge in [-0.25, -0.2) is 19.3 Å². The molecule has 3 N–H and O–H groups in total. The Labute approximate surface area is 192 Å². The standard InChI is InChI=1S/C23H18N6O5/c1-34-17-7-4-15-11-28(19(30)18(15)10-17)12-23(20(31)25-21(32)26-23)9-8-14-2-5-16(6-3-14)29-13-24-27-22(29)33/h2-7,10,13H,11-12H2,1H3,(H,27,33)(H2,25,26,31,32). The molecule has 3 heterocycles. The van der Waals surface area contributed by atoms with Gasteiger partial charge in [0.25, 0.3) is 11.8 Å². The number of H-pyrrole nitrogens is 1. The van der Waals surface area contributed by atoms with Crippen molar-refractivity contribution in [3.05, 3.63) is 76.0 Å². The van der Waals surface area contributed by atoms with Crippen molar-refractivity contribution in [1.82, 2.24) is 30.3 Å². The Hall–Kier alpha value is -4.85. The molecule has 11 nitrogen and oxygen atoms in total. The Balaban J connectivity index is 1.42. The van der Waals surface area contributed by atoms with Crippen molar-refractivity contribution < 1.29 is 19.1 Å². The molecule has 2 aliphatic heterocycles. The number of nitrogens with one attached hydrogen (secondary N) is 3. The van der Waals surface area contributed by atoms with Crippen LogP contribution in [0.1, 0.15) is 21.5 Å². The normalized spacial score (nSPS) is 18.7. The van der Waals surface area contributed by atoms with Gasteiger partial charge in [-0.05, 0) is 42.0 Å².